The molecule has 0 atom stereocenters. The number of Topliss-reactive ketones (excluding diaryl/α,β-unsaturated/α-hetero) is 1. The number of carbonyl (C=O) groups excluding carboxylic acids is 1. The summed E-state index contributed by atoms with van der Waals surface area (Å²) in [5.41, 5.74) is 1.53. The minimum absolute atomic E-state index is 0.0428. The molecule has 2 heterocycles. The first kappa shape index (κ1) is 13.8. The summed E-state index contributed by atoms with van der Waals surface area (Å²) in [5, 5.41) is 4.47. The molecular formula is C15H18N4O2. The number of ether oxygens (including phenoxy) is 1. The Hall–Kier alpha value is -2.21. The second kappa shape index (κ2) is 5.65. The third-order valence-electron chi connectivity index (χ3n) is 3.56. The molecule has 0 unspecified atom stereocenters. The van der Waals surface area contributed by atoms with Crippen LogP contribution in [0.5, 0.6) is 0 Å². The van der Waals surface area contributed by atoms with E-state index in [1.54, 1.807) is 17.7 Å². The highest BCUT2D eigenvalue weighted by Gasteiger charge is 2.18. The van der Waals surface area contributed by atoms with Crippen LogP contribution in [0.3, 0.4) is 0 Å². The highest BCUT2D eigenvalue weighted by atomic mass is 16.5. The summed E-state index contributed by atoms with van der Waals surface area (Å²) in [7, 11) is 1.89. The molecule has 21 heavy (non-hydrogen) atoms. The van der Waals surface area contributed by atoms with Crippen LogP contribution in [-0.4, -0.2) is 46.9 Å². The van der Waals surface area contributed by atoms with E-state index < -0.39 is 0 Å². The highest BCUT2D eigenvalue weighted by molar-refractivity contribution is 5.95. The van der Waals surface area contributed by atoms with Gasteiger partial charge in [-0.2, -0.15) is 4.98 Å². The molecule has 1 aliphatic rings. The summed E-state index contributed by atoms with van der Waals surface area (Å²) in [6, 6.07) is 7.42. The number of morpholine rings is 1. The van der Waals surface area contributed by atoms with E-state index in [9.17, 15) is 4.79 Å². The molecule has 0 aliphatic carbocycles. The third kappa shape index (κ3) is 2.80. The van der Waals surface area contributed by atoms with Crippen molar-refractivity contribution >= 4 is 11.7 Å². The fraction of sp³-hybridized carbons (Fsp3) is 0.400. The number of benzene rings is 1. The number of nitrogens with zero attached hydrogens (tertiary/aromatic N) is 4. The average Bonchev–Trinajstić information content (AvgIpc) is 2.90. The van der Waals surface area contributed by atoms with Crippen molar-refractivity contribution < 1.29 is 9.53 Å². The van der Waals surface area contributed by atoms with Crippen molar-refractivity contribution in [2.75, 3.05) is 31.2 Å². The van der Waals surface area contributed by atoms with Crippen molar-refractivity contribution in [3.63, 3.8) is 0 Å². The molecule has 0 saturated carbocycles. The molecule has 2 aromatic rings. The molecule has 1 fully saturated rings. The summed E-state index contributed by atoms with van der Waals surface area (Å²) >= 11 is 0. The van der Waals surface area contributed by atoms with E-state index in [1.807, 2.05) is 25.2 Å². The van der Waals surface area contributed by atoms with Gasteiger partial charge in [0.1, 0.15) is 0 Å². The Balaban J connectivity index is 1.93. The minimum Gasteiger partial charge on any atom is -0.378 e. The quantitative estimate of drug-likeness (QED) is 0.801. The van der Waals surface area contributed by atoms with Gasteiger partial charge in [-0.05, 0) is 13.0 Å². The molecule has 0 N–H and O–H groups in total. The summed E-state index contributed by atoms with van der Waals surface area (Å²) in [4.78, 5) is 18.3. The predicted octanol–water partition coefficient (Wildman–Crippen LogP) is 1.52. The summed E-state index contributed by atoms with van der Waals surface area (Å²) < 4.78 is 7.14. The Morgan fingerprint density at radius 3 is 2.76 bits per heavy atom. The molecule has 3 rings (SSSR count). The topological polar surface area (TPSA) is 60.3 Å². The first-order chi connectivity index (χ1) is 10.1. The number of aromatic nitrogens is 3. The molecule has 1 aromatic heterocycles. The number of ketones is 1. The lowest BCUT2D eigenvalue weighted by atomic mass is 10.1. The first-order valence-electron chi connectivity index (χ1n) is 7.00. The van der Waals surface area contributed by atoms with Gasteiger partial charge in [0.15, 0.2) is 11.6 Å². The number of hydrogen-bond acceptors (Lipinski definition) is 5. The molecule has 0 radical (unpaired) electrons. The van der Waals surface area contributed by atoms with Crippen molar-refractivity contribution in [1.82, 2.24) is 14.8 Å². The van der Waals surface area contributed by atoms with Crippen LogP contribution in [0, 0.1) is 0 Å². The second-order valence-electron chi connectivity index (χ2n) is 5.10. The first-order valence-corrected chi connectivity index (χ1v) is 7.00. The Kier molecular flexibility index (Phi) is 3.70. The smallest absolute Gasteiger partial charge is 0.224 e. The van der Waals surface area contributed by atoms with Crippen LogP contribution in [0.4, 0.5) is 5.95 Å². The lowest BCUT2D eigenvalue weighted by Crippen LogP contribution is -2.37. The Morgan fingerprint density at radius 2 is 2.05 bits per heavy atom. The highest BCUT2D eigenvalue weighted by Crippen LogP contribution is 2.21. The number of hydrogen-bond donors (Lipinski definition) is 0. The summed E-state index contributed by atoms with van der Waals surface area (Å²) in [6.07, 6.45) is 0. The maximum Gasteiger partial charge on any atom is 0.224 e. The maximum atomic E-state index is 11.5. The number of anilines is 1. The average molecular weight is 286 g/mol. The van der Waals surface area contributed by atoms with Gasteiger partial charge in [-0.25, -0.2) is 4.68 Å². The Labute approximate surface area is 123 Å². The van der Waals surface area contributed by atoms with Gasteiger partial charge in [-0.1, -0.05) is 18.2 Å². The number of rotatable bonds is 3. The lowest BCUT2D eigenvalue weighted by molar-refractivity contribution is 0.101. The largest absolute Gasteiger partial charge is 0.378 e. The Morgan fingerprint density at radius 1 is 1.29 bits per heavy atom. The van der Waals surface area contributed by atoms with Gasteiger partial charge in [-0.15, -0.1) is 5.10 Å². The van der Waals surface area contributed by atoms with Crippen molar-refractivity contribution in [3.05, 3.63) is 29.8 Å². The molecule has 1 aliphatic heterocycles. The van der Waals surface area contributed by atoms with E-state index in [1.165, 1.54) is 0 Å². The van der Waals surface area contributed by atoms with Crippen LogP contribution in [0.1, 0.15) is 17.3 Å². The van der Waals surface area contributed by atoms with E-state index >= 15 is 0 Å². The van der Waals surface area contributed by atoms with E-state index in [0.717, 1.165) is 24.6 Å². The summed E-state index contributed by atoms with van der Waals surface area (Å²) in [5.74, 6) is 1.52. The van der Waals surface area contributed by atoms with Crippen LogP contribution in [0.15, 0.2) is 24.3 Å². The van der Waals surface area contributed by atoms with E-state index in [-0.39, 0.29) is 5.78 Å². The molecule has 0 bridgehead atoms. The van der Waals surface area contributed by atoms with E-state index in [2.05, 4.69) is 15.0 Å². The van der Waals surface area contributed by atoms with Gasteiger partial charge < -0.3 is 9.64 Å². The van der Waals surface area contributed by atoms with Crippen molar-refractivity contribution in [3.8, 4) is 11.4 Å². The minimum atomic E-state index is 0.0428. The van der Waals surface area contributed by atoms with Crippen molar-refractivity contribution in [2.45, 2.75) is 6.92 Å². The van der Waals surface area contributed by atoms with Gasteiger partial charge in [0.25, 0.3) is 0 Å². The molecule has 6 heteroatoms. The van der Waals surface area contributed by atoms with E-state index in [0.29, 0.717) is 24.6 Å². The normalized spacial score (nSPS) is 15.2. The van der Waals surface area contributed by atoms with Gasteiger partial charge in [0.2, 0.25) is 5.95 Å². The van der Waals surface area contributed by atoms with Crippen LogP contribution >= 0.6 is 0 Å². The van der Waals surface area contributed by atoms with Gasteiger partial charge in [-0.3, -0.25) is 4.79 Å². The molecule has 1 aromatic carbocycles. The fourth-order valence-electron chi connectivity index (χ4n) is 2.41. The van der Waals surface area contributed by atoms with Gasteiger partial charge in [0.05, 0.1) is 13.2 Å². The maximum absolute atomic E-state index is 11.5. The van der Waals surface area contributed by atoms with Crippen molar-refractivity contribution in [2.24, 2.45) is 7.05 Å². The lowest BCUT2D eigenvalue weighted by Gasteiger charge is -2.26. The molecule has 0 amide bonds. The summed E-state index contributed by atoms with van der Waals surface area (Å²) in [6.45, 7) is 4.62. The molecule has 0 spiro atoms. The zero-order chi connectivity index (χ0) is 14.8. The zero-order valence-electron chi connectivity index (χ0n) is 12.2. The second-order valence-corrected chi connectivity index (χ2v) is 5.10. The van der Waals surface area contributed by atoms with E-state index in [4.69, 9.17) is 4.74 Å². The van der Waals surface area contributed by atoms with Crippen LogP contribution in [-0.2, 0) is 11.8 Å². The standard InChI is InChI=1S/C15H18N4O2/c1-11(20)12-4-3-5-13(10-12)14-16-15(18(2)17-14)19-6-8-21-9-7-19/h3-5,10H,6-9H2,1-2H3. The number of aryl methyl sites for hydroxylation is 1. The third-order valence-corrected chi connectivity index (χ3v) is 3.56. The number of carbonyl (C=O) groups is 1. The van der Waals surface area contributed by atoms with Crippen LogP contribution < -0.4 is 4.90 Å². The van der Waals surface area contributed by atoms with Crippen LogP contribution in [0.25, 0.3) is 11.4 Å². The van der Waals surface area contributed by atoms with Crippen LogP contribution in [0.2, 0.25) is 0 Å². The molecule has 110 valence electrons. The molecule has 1 saturated heterocycles. The predicted molar refractivity (Wildman–Crippen MR) is 79.5 cm³/mol. The SMILES string of the molecule is CC(=O)c1cccc(-c2nc(N3CCOCC3)n(C)n2)c1. The van der Waals surface area contributed by atoms with Gasteiger partial charge in [0, 0.05) is 31.3 Å². The zero-order valence-corrected chi connectivity index (χ0v) is 12.2. The fourth-order valence-corrected chi connectivity index (χ4v) is 2.41. The monoisotopic (exact) mass is 286 g/mol. The molecular weight excluding hydrogens is 268 g/mol. The molecule has 6 nitrogen and oxygen atoms in total. The Bertz CT molecular complexity index is 659. The van der Waals surface area contributed by atoms with Gasteiger partial charge >= 0.3 is 0 Å². The van der Waals surface area contributed by atoms with Crippen molar-refractivity contribution in [1.29, 1.82) is 0 Å².